The van der Waals surface area contributed by atoms with Crippen molar-refractivity contribution in [3.63, 3.8) is 0 Å². The third-order valence-corrected chi connectivity index (χ3v) is 6.52. The van der Waals surface area contributed by atoms with Gasteiger partial charge in [0.25, 0.3) is 5.91 Å². The van der Waals surface area contributed by atoms with Gasteiger partial charge in [-0.15, -0.1) is 0 Å². The van der Waals surface area contributed by atoms with Crippen LogP contribution in [-0.4, -0.2) is 52.3 Å². The van der Waals surface area contributed by atoms with Gasteiger partial charge in [0.05, 0.1) is 11.9 Å². The second-order valence-corrected chi connectivity index (χ2v) is 8.12. The first kappa shape index (κ1) is 17.6. The molecule has 1 spiro atoms. The number of thioether (sulfide) groups is 1. The van der Waals surface area contributed by atoms with Gasteiger partial charge in [-0.3, -0.25) is 9.89 Å². The van der Waals surface area contributed by atoms with Crippen molar-refractivity contribution in [3.8, 4) is 0 Å². The van der Waals surface area contributed by atoms with Crippen molar-refractivity contribution < 1.29 is 13.9 Å². The van der Waals surface area contributed by atoms with Crippen LogP contribution in [0.15, 0.2) is 28.0 Å². The van der Waals surface area contributed by atoms with Crippen molar-refractivity contribution in [1.82, 2.24) is 20.1 Å². The molecule has 26 heavy (non-hydrogen) atoms. The Labute approximate surface area is 156 Å². The van der Waals surface area contributed by atoms with Gasteiger partial charge in [-0.2, -0.15) is 5.10 Å². The van der Waals surface area contributed by atoms with Gasteiger partial charge in [0.1, 0.15) is 12.1 Å². The maximum Gasteiger partial charge on any atom is 0.289 e. The number of hydrogen-bond acceptors (Lipinski definition) is 6. The van der Waals surface area contributed by atoms with Gasteiger partial charge < -0.3 is 14.1 Å². The molecule has 0 radical (unpaired) electrons. The zero-order valence-corrected chi connectivity index (χ0v) is 15.8. The summed E-state index contributed by atoms with van der Waals surface area (Å²) >= 11 is 1.49. The van der Waals surface area contributed by atoms with E-state index < -0.39 is 0 Å². The Kier molecular flexibility index (Phi) is 5.04. The highest BCUT2D eigenvalue weighted by Crippen LogP contribution is 2.46. The first-order valence-corrected chi connectivity index (χ1v) is 10.1. The zero-order chi connectivity index (χ0) is 18.0. The Balaban J connectivity index is 1.41. The lowest BCUT2D eigenvalue weighted by Crippen LogP contribution is -2.49. The summed E-state index contributed by atoms with van der Waals surface area (Å²) in [4.78, 5) is 19.0. The monoisotopic (exact) mass is 376 g/mol. The molecule has 0 bridgehead atoms. The molecule has 1 saturated heterocycles. The molecular formula is C18H24N4O3S. The van der Waals surface area contributed by atoms with E-state index in [1.165, 1.54) is 24.5 Å². The van der Waals surface area contributed by atoms with Crippen LogP contribution in [0.1, 0.15) is 48.4 Å². The van der Waals surface area contributed by atoms with Crippen LogP contribution >= 0.6 is 11.8 Å². The van der Waals surface area contributed by atoms with E-state index in [0.717, 1.165) is 49.7 Å². The zero-order valence-electron chi connectivity index (χ0n) is 14.9. The highest BCUT2D eigenvalue weighted by atomic mass is 32.2. The molecule has 2 atom stereocenters. The Morgan fingerprint density at radius 1 is 1.46 bits per heavy atom. The average Bonchev–Trinajstić information content (AvgIpc) is 3.40. The predicted molar refractivity (Wildman–Crippen MR) is 96.9 cm³/mol. The molecule has 2 aliphatic rings. The van der Waals surface area contributed by atoms with Crippen LogP contribution in [0, 0.1) is 5.41 Å². The average molecular weight is 376 g/mol. The first-order valence-electron chi connectivity index (χ1n) is 9.09. The van der Waals surface area contributed by atoms with E-state index in [4.69, 9.17) is 9.15 Å². The summed E-state index contributed by atoms with van der Waals surface area (Å²) < 4.78 is 11.5. The molecule has 7 nitrogen and oxygen atoms in total. The molecule has 1 aliphatic carbocycles. The molecule has 0 unspecified atom stereocenters. The first-order chi connectivity index (χ1) is 12.7. The van der Waals surface area contributed by atoms with Crippen LogP contribution in [0.4, 0.5) is 0 Å². The van der Waals surface area contributed by atoms with E-state index in [1.54, 1.807) is 13.2 Å². The van der Waals surface area contributed by atoms with Crippen LogP contribution < -0.4 is 0 Å². The third-order valence-electron chi connectivity index (χ3n) is 5.62. The second-order valence-electron chi connectivity index (χ2n) is 7.15. The van der Waals surface area contributed by atoms with Crippen molar-refractivity contribution in [3.05, 3.63) is 30.0 Å². The third kappa shape index (κ3) is 3.40. The maximum absolute atomic E-state index is 12.9. The Morgan fingerprint density at radius 2 is 2.35 bits per heavy atom. The summed E-state index contributed by atoms with van der Waals surface area (Å²) in [7, 11) is 1.80. The van der Waals surface area contributed by atoms with E-state index in [9.17, 15) is 4.79 Å². The Hall–Kier alpha value is -1.80. The van der Waals surface area contributed by atoms with Crippen molar-refractivity contribution in [2.24, 2.45) is 5.41 Å². The van der Waals surface area contributed by atoms with Crippen LogP contribution in [0.2, 0.25) is 0 Å². The topological polar surface area (TPSA) is 84.2 Å². The minimum Gasteiger partial charge on any atom is -0.455 e. The van der Waals surface area contributed by atoms with Gasteiger partial charge in [-0.1, -0.05) is 18.2 Å². The number of H-pyrrole nitrogens is 1. The summed E-state index contributed by atoms with van der Waals surface area (Å²) in [5.41, 5.74) is 0.125. The van der Waals surface area contributed by atoms with Crippen molar-refractivity contribution in [2.45, 2.75) is 49.1 Å². The molecule has 1 saturated carbocycles. The van der Waals surface area contributed by atoms with E-state index >= 15 is 0 Å². The molecule has 140 valence electrons. The molecule has 4 rings (SSSR count). The molecule has 2 aromatic rings. The normalized spacial score (nSPS) is 25.9. The predicted octanol–water partition coefficient (Wildman–Crippen LogP) is 3.11. The van der Waals surface area contributed by atoms with E-state index in [0.29, 0.717) is 11.5 Å². The number of aromatic nitrogens is 3. The van der Waals surface area contributed by atoms with E-state index in [1.807, 2.05) is 11.0 Å². The number of piperidine rings is 1. The summed E-state index contributed by atoms with van der Waals surface area (Å²) in [5, 5.41) is 7.35. The molecule has 8 heteroatoms. The van der Waals surface area contributed by atoms with Crippen LogP contribution in [0.3, 0.4) is 0 Å². The van der Waals surface area contributed by atoms with Gasteiger partial charge in [0.15, 0.2) is 10.9 Å². The van der Waals surface area contributed by atoms with Gasteiger partial charge in [-0.05, 0) is 37.8 Å². The molecule has 2 fully saturated rings. The molecule has 1 N–H and O–H groups in total. The number of rotatable bonds is 5. The molecule has 1 aliphatic heterocycles. The SMILES string of the molecule is CO[C@@H]1CCC[C@@]12CCCN(C(=O)c1ccc(CSc3ncn[nH]3)o1)C2. The quantitative estimate of drug-likeness (QED) is 0.807. The fourth-order valence-electron chi connectivity index (χ4n) is 4.40. The number of aromatic amines is 1. The number of nitrogens with zero attached hydrogens (tertiary/aromatic N) is 3. The number of carbonyl (C=O) groups is 1. The van der Waals surface area contributed by atoms with Crippen molar-refractivity contribution in [2.75, 3.05) is 20.2 Å². The van der Waals surface area contributed by atoms with Crippen molar-refractivity contribution >= 4 is 17.7 Å². The number of amides is 1. The fraction of sp³-hybridized carbons (Fsp3) is 0.611. The van der Waals surface area contributed by atoms with Gasteiger partial charge in [0.2, 0.25) is 0 Å². The van der Waals surface area contributed by atoms with Gasteiger partial charge >= 0.3 is 0 Å². The molecule has 1 amide bonds. The minimum atomic E-state index is -0.0123. The Morgan fingerprint density at radius 3 is 3.15 bits per heavy atom. The smallest absolute Gasteiger partial charge is 0.289 e. The molecular weight excluding hydrogens is 352 g/mol. The minimum absolute atomic E-state index is 0.0123. The van der Waals surface area contributed by atoms with Crippen molar-refractivity contribution in [1.29, 1.82) is 0 Å². The summed E-state index contributed by atoms with van der Waals surface area (Å²) in [5.74, 6) is 1.78. The number of methoxy groups -OCH3 is 1. The van der Waals surface area contributed by atoms with E-state index in [2.05, 4.69) is 15.2 Å². The van der Waals surface area contributed by atoms with Crippen LogP contribution in [-0.2, 0) is 10.5 Å². The highest BCUT2D eigenvalue weighted by Gasteiger charge is 2.46. The number of nitrogens with one attached hydrogen (secondary N) is 1. The lowest BCUT2D eigenvalue weighted by molar-refractivity contribution is -0.0301. The standard InChI is InChI=1S/C18H24N4O3S/c1-24-15-4-2-7-18(15)8-3-9-22(11-18)16(23)14-6-5-13(25-14)10-26-17-19-12-20-21-17/h5-6,12,15H,2-4,7-11H2,1H3,(H,19,20,21)/t15-,18+/m1/s1. The van der Waals surface area contributed by atoms with Crippen LogP contribution in [0.25, 0.3) is 0 Å². The number of hydrogen-bond donors (Lipinski definition) is 1. The van der Waals surface area contributed by atoms with Crippen LogP contribution in [0.5, 0.6) is 0 Å². The number of furan rings is 1. The molecule has 0 aromatic carbocycles. The summed E-state index contributed by atoms with van der Waals surface area (Å²) in [6.45, 7) is 1.56. The number of likely N-dealkylation sites (tertiary alicyclic amines) is 1. The van der Waals surface area contributed by atoms with Gasteiger partial charge in [-0.25, -0.2) is 4.98 Å². The van der Waals surface area contributed by atoms with Gasteiger partial charge in [0, 0.05) is 25.6 Å². The molecule has 2 aromatic heterocycles. The number of carbonyl (C=O) groups excluding carboxylic acids is 1. The largest absolute Gasteiger partial charge is 0.455 e. The summed E-state index contributed by atoms with van der Waals surface area (Å²) in [6, 6.07) is 3.65. The second kappa shape index (κ2) is 7.44. The molecule has 3 heterocycles. The lowest BCUT2D eigenvalue weighted by Gasteiger charge is -2.43. The highest BCUT2D eigenvalue weighted by molar-refractivity contribution is 7.98. The fourth-order valence-corrected chi connectivity index (χ4v) is 5.08. The summed E-state index contributed by atoms with van der Waals surface area (Å²) in [6.07, 6.45) is 7.34. The Bertz CT molecular complexity index is 747. The van der Waals surface area contributed by atoms with E-state index in [-0.39, 0.29) is 17.4 Å². The maximum atomic E-state index is 12.9. The lowest BCUT2D eigenvalue weighted by atomic mass is 9.76. The number of ether oxygens (including phenoxy) is 1.